The zero-order valence-electron chi connectivity index (χ0n) is 10.8. The fourth-order valence-electron chi connectivity index (χ4n) is 2.08. The van der Waals surface area contributed by atoms with Crippen LogP contribution in [0, 0.1) is 17.1 Å². The van der Waals surface area contributed by atoms with Crippen LogP contribution >= 0.6 is 12.4 Å². The zero-order chi connectivity index (χ0) is 14.0. The van der Waals surface area contributed by atoms with Gasteiger partial charge in [0.2, 0.25) is 10.0 Å². The Bertz CT molecular complexity index is 630. The average molecular weight is 320 g/mol. The molecule has 0 spiro atoms. The number of nitriles is 1. The molecular weight excluding hydrogens is 305 g/mol. The molecule has 20 heavy (non-hydrogen) atoms. The third-order valence-electron chi connectivity index (χ3n) is 3.26. The number of hydrogen-bond donors (Lipinski definition) is 1. The number of benzene rings is 1. The Morgan fingerprint density at radius 2 is 2.20 bits per heavy atom. The normalized spacial score (nSPS) is 19.4. The van der Waals surface area contributed by atoms with Crippen molar-refractivity contribution in [3.8, 4) is 6.07 Å². The van der Waals surface area contributed by atoms with Crippen LogP contribution in [0.3, 0.4) is 0 Å². The highest BCUT2D eigenvalue weighted by Crippen LogP contribution is 2.22. The Balaban J connectivity index is 0.00000200. The minimum Gasteiger partial charge on any atom is -0.316 e. The highest BCUT2D eigenvalue weighted by atomic mass is 35.5. The number of sulfonamides is 1. The number of likely N-dealkylation sites (N-methyl/N-ethyl adjacent to an activating group) is 1. The number of rotatable bonds is 3. The predicted molar refractivity (Wildman–Crippen MR) is 74.6 cm³/mol. The average Bonchev–Trinajstić information content (AvgIpc) is 2.88. The van der Waals surface area contributed by atoms with Gasteiger partial charge < -0.3 is 5.32 Å². The lowest BCUT2D eigenvalue weighted by molar-refractivity contribution is 0.464. The van der Waals surface area contributed by atoms with Gasteiger partial charge in [-0.1, -0.05) is 0 Å². The quantitative estimate of drug-likeness (QED) is 0.905. The van der Waals surface area contributed by atoms with Gasteiger partial charge in [0.25, 0.3) is 0 Å². The molecule has 0 saturated carbocycles. The number of nitrogens with one attached hydrogen (secondary N) is 1. The summed E-state index contributed by atoms with van der Waals surface area (Å²) in [6.45, 7) is 0.811. The van der Waals surface area contributed by atoms with E-state index in [4.69, 9.17) is 5.26 Å². The molecule has 1 fully saturated rings. The summed E-state index contributed by atoms with van der Waals surface area (Å²) < 4.78 is 39.2. The molecular formula is C12H15ClFN3O2S. The lowest BCUT2D eigenvalue weighted by Gasteiger charge is -2.16. The fraction of sp³-hybridized carbons (Fsp3) is 0.417. The molecule has 0 bridgehead atoms. The summed E-state index contributed by atoms with van der Waals surface area (Å²) in [7, 11) is -1.87. The van der Waals surface area contributed by atoms with Crippen LogP contribution in [0.2, 0.25) is 0 Å². The second kappa shape index (κ2) is 6.50. The molecule has 2 rings (SSSR count). The van der Waals surface area contributed by atoms with Gasteiger partial charge in [0.15, 0.2) is 0 Å². The van der Waals surface area contributed by atoms with Crippen LogP contribution in [0.25, 0.3) is 0 Å². The van der Waals surface area contributed by atoms with Gasteiger partial charge in [-0.25, -0.2) is 12.8 Å². The van der Waals surface area contributed by atoms with Crippen molar-refractivity contribution < 1.29 is 12.8 Å². The van der Waals surface area contributed by atoms with Crippen LogP contribution < -0.4 is 5.32 Å². The first-order valence-corrected chi connectivity index (χ1v) is 7.30. The Labute approximate surface area is 123 Å². The van der Waals surface area contributed by atoms with E-state index in [1.165, 1.54) is 10.4 Å². The minimum atomic E-state index is -3.66. The molecule has 1 aromatic rings. The molecule has 0 aliphatic carbocycles. The standard InChI is InChI=1S/C12H14FN3O2S.ClH/c1-15-10-4-5-16(8-10)19(17,18)11-2-3-12(13)9(6-11)7-14;/h2-3,6,10,15H,4-5,8H2,1H3;1H. The van der Waals surface area contributed by atoms with Gasteiger partial charge in [-0.05, 0) is 31.7 Å². The fourth-order valence-corrected chi connectivity index (χ4v) is 3.61. The molecule has 0 aromatic heterocycles. The maximum absolute atomic E-state index is 13.2. The van der Waals surface area contributed by atoms with Crippen molar-refractivity contribution in [1.29, 1.82) is 5.26 Å². The van der Waals surface area contributed by atoms with Crippen molar-refractivity contribution in [3.63, 3.8) is 0 Å². The van der Waals surface area contributed by atoms with Crippen LogP contribution in [0.15, 0.2) is 23.1 Å². The first-order chi connectivity index (χ1) is 8.98. The van der Waals surface area contributed by atoms with Gasteiger partial charge >= 0.3 is 0 Å². The monoisotopic (exact) mass is 319 g/mol. The largest absolute Gasteiger partial charge is 0.316 e. The second-order valence-electron chi connectivity index (χ2n) is 4.39. The summed E-state index contributed by atoms with van der Waals surface area (Å²) in [5.74, 6) is -0.712. The van der Waals surface area contributed by atoms with Gasteiger partial charge in [-0.3, -0.25) is 0 Å². The molecule has 110 valence electrons. The molecule has 1 unspecified atom stereocenters. The van der Waals surface area contributed by atoms with Crippen molar-refractivity contribution in [2.45, 2.75) is 17.4 Å². The van der Waals surface area contributed by atoms with Gasteiger partial charge in [0, 0.05) is 19.1 Å². The summed E-state index contributed by atoms with van der Waals surface area (Å²) in [6.07, 6.45) is 0.738. The molecule has 1 N–H and O–H groups in total. The maximum Gasteiger partial charge on any atom is 0.243 e. The van der Waals surface area contributed by atoms with E-state index in [0.717, 1.165) is 18.6 Å². The Kier molecular flexibility index (Phi) is 5.48. The van der Waals surface area contributed by atoms with E-state index >= 15 is 0 Å². The van der Waals surface area contributed by atoms with Gasteiger partial charge in [-0.15, -0.1) is 12.4 Å². The summed E-state index contributed by atoms with van der Waals surface area (Å²) in [5, 5.41) is 11.8. The SMILES string of the molecule is CNC1CCN(S(=O)(=O)c2ccc(F)c(C#N)c2)C1.Cl. The van der Waals surface area contributed by atoms with E-state index in [0.29, 0.717) is 13.1 Å². The molecule has 0 amide bonds. The highest BCUT2D eigenvalue weighted by Gasteiger charge is 2.32. The summed E-state index contributed by atoms with van der Waals surface area (Å²) in [4.78, 5) is -0.0396. The molecule has 1 heterocycles. The van der Waals surface area contributed by atoms with E-state index in [-0.39, 0.29) is 28.9 Å². The van der Waals surface area contributed by atoms with Crippen LogP contribution in [0.5, 0.6) is 0 Å². The van der Waals surface area contributed by atoms with Crippen LogP contribution in [0.1, 0.15) is 12.0 Å². The van der Waals surface area contributed by atoms with Crippen molar-refractivity contribution in [2.24, 2.45) is 0 Å². The highest BCUT2D eigenvalue weighted by molar-refractivity contribution is 7.89. The van der Waals surface area contributed by atoms with Gasteiger partial charge in [0.1, 0.15) is 11.9 Å². The van der Waals surface area contributed by atoms with E-state index in [2.05, 4.69) is 5.32 Å². The maximum atomic E-state index is 13.2. The molecule has 1 aromatic carbocycles. The van der Waals surface area contributed by atoms with Crippen LogP contribution in [0.4, 0.5) is 4.39 Å². The number of halogens is 2. The lowest BCUT2D eigenvalue weighted by Crippen LogP contribution is -2.33. The van der Waals surface area contributed by atoms with Crippen LogP contribution in [-0.2, 0) is 10.0 Å². The molecule has 5 nitrogen and oxygen atoms in total. The smallest absolute Gasteiger partial charge is 0.243 e. The van der Waals surface area contributed by atoms with E-state index in [1.54, 1.807) is 13.1 Å². The topological polar surface area (TPSA) is 73.2 Å². The molecule has 1 aliphatic rings. The summed E-state index contributed by atoms with van der Waals surface area (Å²) in [5.41, 5.74) is -0.259. The van der Waals surface area contributed by atoms with E-state index in [9.17, 15) is 12.8 Å². The molecule has 1 saturated heterocycles. The lowest BCUT2D eigenvalue weighted by atomic mass is 10.2. The van der Waals surface area contributed by atoms with Crippen molar-refractivity contribution in [3.05, 3.63) is 29.6 Å². The van der Waals surface area contributed by atoms with Crippen LogP contribution in [-0.4, -0.2) is 38.9 Å². The van der Waals surface area contributed by atoms with E-state index in [1.807, 2.05) is 0 Å². The molecule has 8 heteroatoms. The van der Waals surface area contributed by atoms with E-state index < -0.39 is 15.8 Å². The molecule has 0 radical (unpaired) electrons. The minimum absolute atomic E-state index is 0. The first-order valence-electron chi connectivity index (χ1n) is 5.86. The van der Waals surface area contributed by atoms with Gasteiger partial charge in [0.05, 0.1) is 10.5 Å². The van der Waals surface area contributed by atoms with Crippen molar-refractivity contribution in [2.75, 3.05) is 20.1 Å². The van der Waals surface area contributed by atoms with Crippen molar-refractivity contribution in [1.82, 2.24) is 9.62 Å². The Morgan fingerprint density at radius 3 is 2.75 bits per heavy atom. The zero-order valence-corrected chi connectivity index (χ0v) is 12.5. The first kappa shape index (κ1) is 16.9. The summed E-state index contributed by atoms with van der Waals surface area (Å²) in [6, 6.07) is 5.06. The summed E-state index contributed by atoms with van der Waals surface area (Å²) >= 11 is 0. The number of hydrogen-bond acceptors (Lipinski definition) is 4. The predicted octanol–water partition coefficient (Wildman–Crippen LogP) is 1.10. The van der Waals surface area contributed by atoms with Gasteiger partial charge in [-0.2, -0.15) is 9.57 Å². The number of nitrogens with zero attached hydrogens (tertiary/aromatic N) is 2. The second-order valence-corrected chi connectivity index (χ2v) is 6.33. The molecule has 1 atom stereocenters. The Hall–Kier alpha value is -1.20. The van der Waals surface area contributed by atoms with Crippen molar-refractivity contribution >= 4 is 22.4 Å². The third-order valence-corrected chi connectivity index (χ3v) is 5.12. The molecule has 1 aliphatic heterocycles. The third kappa shape index (κ3) is 3.10. The Morgan fingerprint density at radius 1 is 1.50 bits per heavy atom.